The summed E-state index contributed by atoms with van der Waals surface area (Å²) in [6.45, 7) is 9.35. The molecule has 0 saturated heterocycles. The molecule has 0 bridgehead atoms. The summed E-state index contributed by atoms with van der Waals surface area (Å²) >= 11 is 2.95. The zero-order valence-corrected chi connectivity index (χ0v) is 13.5. The van der Waals surface area contributed by atoms with E-state index >= 15 is 0 Å². The molecule has 0 aromatic carbocycles. The quantitative estimate of drug-likeness (QED) is 0.849. The van der Waals surface area contributed by atoms with Crippen molar-refractivity contribution in [3.63, 3.8) is 0 Å². The van der Waals surface area contributed by atoms with Gasteiger partial charge in [-0.2, -0.15) is 5.26 Å². The molecule has 0 aliphatic carbocycles. The summed E-state index contributed by atoms with van der Waals surface area (Å²) < 4.78 is 0.878. The Kier molecular flexibility index (Phi) is 5.39. The molecule has 0 fully saturated rings. The van der Waals surface area contributed by atoms with E-state index < -0.39 is 5.54 Å². The van der Waals surface area contributed by atoms with Gasteiger partial charge in [0.25, 0.3) is 0 Å². The number of thiazole rings is 1. The van der Waals surface area contributed by atoms with E-state index in [1.807, 2.05) is 33.1 Å². The minimum atomic E-state index is -0.829. The summed E-state index contributed by atoms with van der Waals surface area (Å²) in [6.07, 6.45) is 0. The molecule has 1 rings (SSSR count). The monoisotopic (exact) mass is 297 g/mol. The van der Waals surface area contributed by atoms with Crippen LogP contribution in [-0.4, -0.2) is 21.7 Å². The zero-order valence-electron chi connectivity index (χ0n) is 11.9. The summed E-state index contributed by atoms with van der Waals surface area (Å²) in [4.78, 5) is 16.4. The van der Waals surface area contributed by atoms with Gasteiger partial charge in [-0.05, 0) is 26.7 Å². The Balaban J connectivity index is 2.65. The summed E-state index contributed by atoms with van der Waals surface area (Å²) in [7, 11) is 0. The van der Waals surface area contributed by atoms with Crippen LogP contribution in [0.2, 0.25) is 0 Å². The second-order valence-electron chi connectivity index (χ2n) is 4.97. The molecule has 0 aliphatic heterocycles. The molecule has 0 aliphatic rings. The lowest BCUT2D eigenvalue weighted by Crippen LogP contribution is -2.51. The van der Waals surface area contributed by atoms with Crippen LogP contribution in [0.25, 0.3) is 0 Å². The molecule has 0 spiro atoms. The number of carbonyl (C=O) groups is 1. The van der Waals surface area contributed by atoms with Crippen molar-refractivity contribution < 1.29 is 4.79 Å². The Hall–Kier alpha value is -1.06. The zero-order chi connectivity index (χ0) is 14.6. The lowest BCUT2D eigenvalue weighted by Gasteiger charge is -2.28. The lowest BCUT2D eigenvalue weighted by atomic mass is 9.90. The number of aromatic nitrogens is 1. The molecule has 0 saturated carbocycles. The van der Waals surface area contributed by atoms with Gasteiger partial charge in [-0.15, -0.1) is 11.3 Å². The molecule has 1 aromatic heterocycles. The van der Waals surface area contributed by atoms with Gasteiger partial charge in [-0.25, -0.2) is 4.98 Å². The molecule has 104 valence electrons. The van der Waals surface area contributed by atoms with Crippen LogP contribution in [0.4, 0.5) is 0 Å². The summed E-state index contributed by atoms with van der Waals surface area (Å²) in [5.74, 6) is -0.0728. The van der Waals surface area contributed by atoms with Gasteiger partial charge in [-0.1, -0.05) is 25.6 Å². The minimum Gasteiger partial charge on any atom is -0.337 e. The van der Waals surface area contributed by atoms with Crippen LogP contribution in [0.3, 0.4) is 0 Å². The average molecular weight is 297 g/mol. The van der Waals surface area contributed by atoms with Crippen LogP contribution in [0.5, 0.6) is 0 Å². The number of carbonyl (C=O) groups excluding carboxylic acids is 1. The van der Waals surface area contributed by atoms with E-state index in [-0.39, 0.29) is 17.1 Å². The number of hydrogen-bond acceptors (Lipinski definition) is 5. The standard InChI is InChI=1S/C13H19N3OS2/c1-8(2)13(5,7-14)16-11(17)10(4)19-12-15-9(3)6-18-12/h6,8,10H,1-5H3,(H,16,17)/t10-,13-/m0/s1. The molecular formula is C13H19N3OS2. The second kappa shape index (κ2) is 6.40. The number of nitrogens with one attached hydrogen (secondary N) is 1. The first-order valence-electron chi connectivity index (χ1n) is 6.10. The maximum absolute atomic E-state index is 12.1. The van der Waals surface area contributed by atoms with Gasteiger partial charge in [0, 0.05) is 11.1 Å². The Morgan fingerprint density at radius 2 is 2.21 bits per heavy atom. The summed E-state index contributed by atoms with van der Waals surface area (Å²) in [5, 5.41) is 13.7. The van der Waals surface area contributed by atoms with E-state index in [0.717, 1.165) is 10.0 Å². The van der Waals surface area contributed by atoms with Gasteiger partial charge in [0.05, 0.1) is 11.3 Å². The van der Waals surface area contributed by atoms with Crippen molar-refractivity contribution in [3.8, 4) is 6.07 Å². The van der Waals surface area contributed by atoms with Crippen molar-refractivity contribution in [2.75, 3.05) is 0 Å². The van der Waals surface area contributed by atoms with E-state index in [0.29, 0.717) is 0 Å². The maximum Gasteiger partial charge on any atom is 0.234 e. The number of rotatable bonds is 5. The maximum atomic E-state index is 12.1. The third-order valence-electron chi connectivity index (χ3n) is 3.01. The highest BCUT2D eigenvalue weighted by Crippen LogP contribution is 2.27. The molecule has 4 nitrogen and oxygen atoms in total. The second-order valence-corrected chi connectivity index (χ2v) is 7.42. The van der Waals surface area contributed by atoms with Crippen molar-refractivity contribution in [1.29, 1.82) is 5.26 Å². The third-order valence-corrected chi connectivity index (χ3v) is 5.20. The number of thioether (sulfide) groups is 1. The minimum absolute atomic E-state index is 0.0563. The predicted molar refractivity (Wildman–Crippen MR) is 79.2 cm³/mol. The number of aryl methyl sites for hydroxylation is 1. The molecule has 0 unspecified atom stereocenters. The van der Waals surface area contributed by atoms with E-state index in [4.69, 9.17) is 0 Å². The Bertz CT molecular complexity index is 492. The third kappa shape index (κ3) is 4.22. The Labute approximate surface area is 122 Å². The number of hydrogen-bond donors (Lipinski definition) is 1. The van der Waals surface area contributed by atoms with Gasteiger partial charge in [-0.3, -0.25) is 4.79 Å². The topological polar surface area (TPSA) is 65.8 Å². The predicted octanol–water partition coefficient (Wildman–Crippen LogP) is 2.99. The molecule has 0 radical (unpaired) electrons. The Morgan fingerprint density at radius 3 is 2.63 bits per heavy atom. The molecule has 1 amide bonds. The first-order valence-corrected chi connectivity index (χ1v) is 7.86. The number of amides is 1. The van der Waals surface area contributed by atoms with Crippen molar-refractivity contribution >= 4 is 29.0 Å². The molecule has 19 heavy (non-hydrogen) atoms. The van der Waals surface area contributed by atoms with Gasteiger partial charge < -0.3 is 5.32 Å². The van der Waals surface area contributed by atoms with Crippen LogP contribution in [0.15, 0.2) is 9.72 Å². The first-order chi connectivity index (χ1) is 8.78. The molecule has 1 aromatic rings. The van der Waals surface area contributed by atoms with Crippen molar-refractivity contribution in [2.45, 2.75) is 49.7 Å². The molecule has 1 N–H and O–H groups in total. The summed E-state index contributed by atoms with van der Waals surface area (Å²) in [5.41, 5.74) is 0.134. The van der Waals surface area contributed by atoms with Gasteiger partial charge in [0.15, 0.2) is 4.34 Å². The van der Waals surface area contributed by atoms with E-state index in [9.17, 15) is 10.1 Å². The van der Waals surface area contributed by atoms with E-state index in [1.54, 1.807) is 6.92 Å². The Morgan fingerprint density at radius 1 is 1.58 bits per heavy atom. The molecule has 2 atom stereocenters. The fraction of sp³-hybridized carbons (Fsp3) is 0.615. The summed E-state index contributed by atoms with van der Waals surface area (Å²) in [6, 6.07) is 2.18. The van der Waals surface area contributed by atoms with Crippen LogP contribution in [-0.2, 0) is 4.79 Å². The average Bonchev–Trinajstić information content (AvgIpc) is 2.74. The highest BCUT2D eigenvalue weighted by Gasteiger charge is 2.31. The van der Waals surface area contributed by atoms with Gasteiger partial charge >= 0.3 is 0 Å². The number of nitriles is 1. The number of nitrogens with zero attached hydrogens (tertiary/aromatic N) is 2. The van der Waals surface area contributed by atoms with Gasteiger partial charge in [0.2, 0.25) is 5.91 Å². The SMILES string of the molecule is Cc1csc(S[C@@H](C)C(=O)N[C@@](C)(C#N)C(C)C)n1. The van der Waals surface area contributed by atoms with Crippen molar-refractivity contribution in [2.24, 2.45) is 5.92 Å². The van der Waals surface area contributed by atoms with Gasteiger partial charge in [0.1, 0.15) is 5.54 Å². The normalized spacial score (nSPS) is 15.6. The van der Waals surface area contributed by atoms with Crippen LogP contribution in [0, 0.1) is 24.2 Å². The first kappa shape index (κ1) is 16.0. The van der Waals surface area contributed by atoms with Crippen LogP contribution in [0.1, 0.15) is 33.4 Å². The van der Waals surface area contributed by atoms with Crippen molar-refractivity contribution in [3.05, 3.63) is 11.1 Å². The fourth-order valence-corrected chi connectivity index (χ4v) is 3.24. The smallest absolute Gasteiger partial charge is 0.234 e. The van der Waals surface area contributed by atoms with E-state index in [1.165, 1.54) is 23.1 Å². The molecule has 6 heteroatoms. The molecule has 1 heterocycles. The fourth-order valence-electron chi connectivity index (χ4n) is 1.25. The highest BCUT2D eigenvalue weighted by molar-refractivity contribution is 8.02. The highest BCUT2D eigenvalue weighted by atomic mass is 32.2. The van der Waals surface area contributed by atoms with Crippen LogP contribution >= 0.6 is 23.1 Å². The largest absolute Gasteiger partial charge is 0.337 e. The van der Waals surface area contributed by atoms with E-state index in [2.05, 4.69) is 16.4 Å². The van der Waals surface area contributed by atoms with Crippen molar-refractivity contribution in [1.82, 2.24) is 10.3 Å². The lowest BCUT2D eigenvalue weighted by molar-refractivity contribution is -0.121. The van der Waals surface area contributed by atoms with Crippen LogP contribution < -0.4 is 5.32 Å². The molecular weight excluding hydrogens is 278 g/mol.